The van der Waals surface area contributed by atoms with E-state index in [-0.39, 0.29) is 12.4 Å². The molecular formula is C22H18BrNO3. The van der Waals surface area contributed by atoms with Crippen LogP contribution in [0.3, 0.4) is 0 Å². The topological polar surface area (TPSA) is 55.4 Å². The van der Waals surface area contributed by atoms with Crippen LogP contribution in [0.15, 0.2) is 69.8 Å². The van der Waals surface area contributed by atoms with Crippen molar-refractivity contribution in [2.45, 2.75) is 19.8 Å². The maximum absolute atomic E-state index is 13.2. The summed E-state index contributed by atoms with van der Waals surface area (Å²) in [6, 6.07) is 15.3. The second-order valence-electron chi connectivity index (χ2n) is 6.54. The molecule has 5 heteroatoms. The molecule has 2 aliphatic rings. The summed E-state index contributed by atoms with van der Waals surface area (Å²) in [6.07, 6.45) is 0. The van der Waals surface area contributed by atoms with E-state index < -0.39 is 11.9 Å². The molecule has 27 heavy (non-hydrogen) atoms. The lowest BCUT2D eigenvalue weighted by atomic mass is 9.80. The molecule has 4 nitrogen and oxygen atoms in total. The predicted octanol–water partition coefficient (Wildman–Crippen LogP) is 4.58. The average molecular weight is 424 g/mol. The van der Waals surface area contributed by atoms with E-state index in [1.807, 2.05) is 55.5 Å². The van der Waals surface area contributed by atoms with Crippen molar-refractivity contribution in [1.82, 2.24) is 5.32 Å². The van der Waals surface area contributed by atoms with Gasteiger partial charge < -0.3 is 10.1 Å². The molecule has 1 aliphatic heterocycles. The van der Waals surface area contributed by atoms with Gasteiger partial charge in [-0.2, -0.15) is 0 Å². The predicted molar refractivity (Wildman–Crippen MR) is 107 cm³/mol. The van der Waals surface area contributed by atoms with E-state index >= 15 is 0 Å². The number of rotatable bonds is 3. The first-order valence-corrected chi connectivity index (χ1v) is 9.60. The molecule has 2 aromatic rings. The molecule has 2 aromatic carbocycles. The number of esters is 1. The molecule has 1 N–H and O–H groups in total. The monoisotopic (exact) mass is 423 g/mol. The van der Waals surface area contributed by atoms with Crippen LogP contribution in [0.1, 0.15) is 41.3 Å². The minimum absolute atomic E-state index is 0.0487. The number of Topliss-reactive ketones (excluding diaryl/α,β-unsaturated/α-hetero) is 1. The Morgan fingerprint density at radius 3 is 2.59 bits per heavy atom. The summed E-state index contributed by atoms with van der Waals surface area (Å²) < 4.78 is 6.21. The van der Waals surface area contributed by atoms with Crippen LogP contribution in [-0.2, 0) is 9.53 Å². The fourth-order valence-electron chi connectivity index (χ4n) is 3.83. The number of hydrogen-bond acceptors (Lipinski definition) is 4. The molecule has 1 atom stereocenters. The Bertz CT molecular complexity index is 1040. The van der Waals surface area contributed by atoms with Gasteiger partial charge in [0, 0.05) is 32.8 Å². The molecule has 0 amide bonds. The van der Waals surface area contributed by atoms with Gasteiger partial charge in [-0.1, -0.05) is 52.3 Å². The lowest BCUT2D eigenvalue weighted by Gasteiger charge is -2.29. The quantitative estimate of drug-likeness (QED) is 0.733. The van der Waals surface area contributed by atoms with Gasteiger partial charge in [0.25, 0.3) is 0 Å². The first-order valence-electron chi connectivity index (χ1n) is 8.81. The summed E-state index contributed by atoms with van der Waals surface area (Å²) in [5.74, 6) is -0.923. The molecule has 0 bridgehead atoms. The molecule has 0 aromatic heterocycles. The van der Waals surface area contributed by atoms with Gasteiger partial charge in [0.1, 0.15) is 0 Å². The number of allylic oxidation sites excluding steroid dienone is 2. The maximum atomic E-state index is 13.2. The third kappa shape index (κ3) is 2.82. The van der Waals surface area contributed by atoms with E-state index in [9.17, 15) is 9.59 Å². The molecule has 136 valence electrons. The highest BCUT2D eigenvalue weighted by Crippen LogP contribution is 2.46. The summed E-state index contributed by atoms with van der Waals surface area (Å²) >= 11 is 3.50. The van der Waals surface area contributed by atoms with Crippen molar-refractivity contribution in [2.24, 2.45) is 0 Å². The molecule has 0 saturated heterocycles. The van der Waals surface area contributed by atoms with Crippen LogP contribution >= 0.6 is 15.9 Å². The number of dihydropyridines is 1. The lowest BCUT2D eigenvalue weighted by Crippen LogP contribution is -2.29. The van der Waals surface area contributed by atoms with Crippen molar-refractivity contribution in [3.63, 3.8) is 0 Å². The molecule has 1 heterocycles. The first-order chi connectivity index (χ1) is 13.0. The van der Waals surface area contributed by atoms with E-state index in [1.165, 1.54) is 0 Å². The zero-order chi connectivity index (χ0) is 19.1. The third-order valence-electron chi connectivity index (χ3n) is 4.93. The van der Waals surface area contributed by atoms with Crippen LogP contribution < -0.4 is 5.32 Å². The van der Waals surface area contributed by atoms with Crippen molar-refractivity contribution in [2.75, 3.05) is 6.61 Å². The van der Waals surface area contributed by atoms with E-state index in [4.69, 9.17) is 4.74 Å². The molecule has 4 rings (SSSR count). The number of fused-ring (bicyclic) bond motifs is 2. The summed E-state index contributed by atoms with van der Waals surface area (Å²) in [5.41, 5.74) is 4.99. The highest BCUT2D eigenvalue weighted by Gasteiger charge is 2.42. The van der Waals surface area contributed by atoms with E-state index in [0.29, 0.717) is 22.4 Å². The van der Waals surface area contributed by atoms with Crippen LogP contribution in [0.5, 0.6) is 0 Å². The zero-order valence-electron chi connectivity index (χ0n) is 15.0. The molecule has 1 aliphatic carbocycles. The number of ether oxygens (including phenoxy) is 1. The number of benzene rings is 2. The van der Waals surface area contributed by atoms with Crippen LogP contribution in [0.2, 0.25) is 0 Å². The molecule has 0 fully saturated rings. The van der Waals surface area contributed by atoms with Crippen molar-refractivity contribution in [1.29, 1.82) is 0 Å². The Kier molecular flexibility index (Phi) is 4.48. The maximum Gasteiger partial charge on any atom is 0.336 e. The van der Waals surface area contributed by atoms with E-state index in [0.717, 1.165) is 21.3 Å². The Balaban J connectivity index is 1.94. The van der Waals surface area contributed by atoms with Crippen molar-refractivity contribution in [3.8, 4) is 0 Å². The second kappa shape index (κ2) is 6.82. The standard InChI is InChI=1S/C22H18BrNO3/c1-3-27-22(26)17-12(2)24-20-15-9-4-5-10-16(15)21(25)19(20)18(17)13-7-6-8-14(23)11-13/h4-11,18,24H,3H2,1-2H3/t18-/m0/s1. The number of halogens is 1. The number of carbonyl (C=O) groups excluding carboxylic acids is 2. The largest absolute Gasteiger partial charge is 0.463 e. The number of carbonyl (C=O) groups is 2. The SMILES string of the molecule is CCOC(=O)C1=C(C)NC2=C(C(=O)c3ccccc32)[C@H]1c1cccc(Br)c1. The van der Waals surface area contributed by atoms with E-state index in [2.05, 4.69) is 21.2 Å². The fourth-order valence-corrected chi connectivity index (χ4v) is 4.24. The van der Waals surface area contributed by atoms with Crippen LogP contribution in [0, 0.1) is 0 Å². The number of nitrogens with one attached hydrogen (secondary N) is 1. The summed E-state index contributed by atoms with van der Waals surface area (Å²) in [6.45, 7) is 3.91. The highest BCUT2D eigenvalue weighted by atomic mass is 79.9. The average Bonchev–Trinajstić information content (AvgIpc) is 2.93. The third-order valence-corrected chi connectivity index (χ3v) is 5.42. The summed E-state index contributed by atoms with van der Waals surface area (Å²) in [4.78, 5) is 26.0. The summed E-state index contributed by atoms with van der Waals surface area (Å²) in [5, 5.41) is 3.29. The number of hydrogen-bond donors (Lipinski definition) is 1. The minimum atomic E-state index is -0.474. The van der Waals surface area contributed by atoms with Gasteiger partial charge in [-0.05, 0) is 31.5 Å². The zero-order valence-corrected chi connectivity index (χ0v) is 16.6. The van der Waals surface area contributed by atoms with Gasteiger partial charge in [-0.15, -0.1) is 0 Å². The van der Waals surface area contributed by atoms with Crippen molar-refractivity contribution < 1.29 is 14.3 Å². The Labute approximate surface area is 166 Å². The molecular weight excluding hydrogens is 406 g/mol. The Morgan fingerprint density at radius 1 is 1.15 bits per heavy atom. The van der Waals surface area contributed by atoms with Gasteiger partial charge in [0.05, 0.1) is 17.9 Å². The van der Waals surface area contributed by atoms with Gasteiger partial charge in [0.2, 0.25) is 0 Å². The smallest absolute Gasteiger partial charge is 0.336 e. The minimum Gasteiger partial charge on any atom is -0.463 e. The summed E-state index contributed by atoms with van der Waals surface area (Å²) in [7, 11) is 0. The van der Waals surface area contributed by atoms with Crippen LogP contribution in [-0.4, -0.2) is 18.4 Å². The first kappa shape index (κ1) is 17.7. The molecule has 0 saturated carbocycles. The lowest BCUT2D eigenvalue weighted by molar-refractivity contribution is -0.138. The van der Waals surface area contributed by atoms with E-state index in [1.54, 1.807) is 6.92 Å². The van der Waals surface area contributed by atoms with Gasteiger partial charge in [0.15, 0.2) is 5.78 Å². The molecule has 0 radical (unpaired) electrons. The van der Waals surface area contributed by atoms with Crippen LogP contribution in [0.4, 0.5) is 0 Å². The second-order valence-corrected chi connectivity index (χ2v) is 7.45. The van der Waals surface area contributed by atoms with Gasteiger partial charge >= 0.3 is 5.97 Å². The van der Waals surface area contributed by atoms with Crippen LogP contribution in [0.25, 0.3) is 5.70 Å². The Hall–Kier alpha value is -2.66. The van der Waals surface area contributed by atoms with Gasteiger partial charge in [-0.3, -0.25) is 4.79 Å². The Morgan fingerprint density at radius 2 is 1.89 bits per heavy atom. The normalized spacial score (nSPS) is 18.2. The number of ketones is 1. The highest BCUT2D eigenvalue weighted by molar-refractivity contribution is 9.10. The van der Waals surface area contributed by atoms with Crippen molar-refractivity contribution in [3.05, 3.63) is 86.5 Å². The molecule has 0 spiro atoms. The molecule has 0 unspecified atom stereocenters. The fraction of sp³-hybridized carbons (Fsp3) is 0.182. The van der Waals surface area contributed by atoms with Gasteiger partial charge in [-0.25, -0.2) is 4.79 Å². The van der Waals surface area contributed by atoms with Crippen molar-refractivity contribution >= 4 is 33.4 Å².